The van der Waals surface area contributed by atoms with E-state index in [1.807, 2.05) is 30.3 Å². The van der Waals surface area contributed by atoms with Gasteiger partial charge in [0.25, 0.3) is 0 Å². The highest BCUT2D eigenvalue weighted by molar-refractivity contribution is 5.92. The molecule has 0 radical (unpaired) electrons. The Morgan fingerprint density at radius 3 is 3.04 bits per heavy atom. The summed E-state index contributed by atoms with van der Waals surface area (Å²) in [6.45, 7) is 1.50. The number of para-hydroxylation sites is 1. The molecule has 2 N–H and O–H groups in total. The first-order chi connectivity index (χ1) is 13.7. The summed E-state index contributed by atoms with van der Waals surface area (Å²) in [6, 6.07) is 9.49. The van der Waals surface area contributed by atoms with E-state index in [-0.39, 0.29) is 11.8 Å². The van der Waals surface area contributed by atoms with Crippen molar-refractivity contribution in [3.05, 3.63) is 48.9 Å². The molecule has 1 amide bonds. The third-order valence-electron chi connectivity index (χ3n) is 4.89. The van der Waals surface area contributed by atoms with Gasteiger partial charge in [0.2, 0.25) is 5.91 Å². The zero-order valence-electron chi connectivity index (χ0n) is 15.6. The van der Waals surface area contributed by atoms with Crippen LogP contribution in [-0.4, -0.2) is 46.3 Å². The van der Waals surface area contributed by atoms with Crippen molar-refractivity contribution in [3.63, 3.8) is 0 Å². The lowest BCUT2D eigenvalue weighted by atomic mass is 9.97. The fourth-order valence-corrected chi connectivity index (χ4v) is 3.47. The molecule has 2 aromatic heterocycles. The molecular formula is C20H22N6O2. The van der Waals surface area contributed by atoms with E-state index in [0.29, 0.717) is 12.4 Å². The van der Waals surface area contributed by atoms with Gasteiger partial charge >= 0.3 is 0 Å². The molecule has 0 bridgehead atoms. The third kappa shape index (κ3) is 3.80. The maximum atomic E-state index is 12.8. The van der Waals surface area contributed by atoms with Gasteiger partial charge in [-0.2, -0.15) is 5.10 Å². The Kier molecular flexibility index (Phi) is 5.18. The van der Waals surface area contributed by atoms with Crippen LogP contribution in [0.15, 0.2) is 48.9 Å². The van der Waals surface area contributed by atoms with Gasteiger partial charge < -0.3 is 15.0 Å². The van der Waals surface area contributed by atoms with Crippen LogP contribution < -0.4 is 15.0 Å². The number of methoxy groups -OCH3 is 1. The number of rotatable bonds is 5. The number of nitrogens with zero attached hydrogens (tertiary/aromatic N) is 4. The zero-order chi connectivity index (χ0) is 19.3. The number of piperidine rings is 1. The highest BCUT2D eigenvalue weighted by Gasteiger charge is 2.27. The number of carbonyl (C=O) groups excluding carboxylic acids is 1. The number of hydrogen-bond donors (Lipinski definition) is 2. The third-order valence-corrected chi connectivity index (χ3v) is 4.89. The molecule has 0 saturated carbocycles. The van der Waals surface area contributed by atoms with Crippen LogP contribution in [0.25, 0.3) is 11.3 Å². The van der Waals surface area contributed by atoms with Crippen molar-refractivity contribution in [2.24, 2.45) is 5.92 Å². The molecule has 1 fully saturated rings. The number of hydrogen-bond acceptors (Lipinski definition) is 6. The second-order valence-electron chi connectivity index (χ2n) is 6.71. The van der Waals surface area contributed by atoms with Crippen molar-refractivity contribution >= 4 is 17.5 Å². The first kappa shape index (κ1) is 18.0. The van der Waals surface area contributed by atoms with Gasteiger partial charge in [-0.05, 0) is 25.0 Å². The lowest BCUT2D eigenvalue weighted by Crippen LogP contribution is -2.41. The normalized spacial score (nSPS) is 16.6. The Balaban J connectivity index is 1.43. The molecule has 28 heavy (non-hydrogen) atoms. The Morgan fingerprint density at radius 2 is 2.21 bits per heavy atom. The molecule has 1 unspecified atom stereocenters. The summed E-state index contributed by atoms with van der Waals surface area (Å²) in [4.78, 5) is 23.3. The van der Waals surface area contributed by atoms with Crippen LogP contribution in [0.2, 0.25) is 0 Å². The zero-order valence-corrected chi connectivity index (χ0v) is 15.6. The summed E-state index contributed by atoms with van der Waals surface area (Å²) in [5.41, 5.74) is 1.68. The summed E-state index contributed by atoms with van der Waals surface area (Å²) in [5, 5.41) is 10.1. The van der Waals surface area contributed by atoms with Gasteiger partial charge in [-0.3, -0.25) is 14.9 Å². The molecule has 144 valence electrons. The average molecular weight is 378 g/mol. The van der Waals surface area contributed by atoms with E-state index < -0.39 is 0 Å². The molecule has 8 heteroatoms. The van der Waals surface area contributed by atoms with Gasteiger partial charge in [-0.1, -0.05) is 12.1 Å². The molecule has 1 saturated heterocycles. The average Bonchev–Trinajstić information content (AvgIpc) is 3.22. The first-order valence-electron chi connectivity index (χ1n) is 9.25. The maximum absolute atomic E-state index is 12.8. The number of anilines is 2. The van der Waals surface area contributed by atoms with E-state index in [9.17, 15) is 4.79 Å². The van der Waals surface area contributed by atoms with E-state index in [2.05, 4.69) is 30.4 Å². The second-order valence-corrected chi connectivity index (χ2v) is 6.71. The molecule has 1 aromatic carbocycles. The monoisotopic (exact) mass is 378 g/mol. The van der Waals surface area contributed by atoms with Crippen LogP contribution in [0.4, 0.5) is 11.6 Å². The minimum Gasteiger partial charge on any atom is -0.496 e. The van der Waals surface area contributed by atoms with Crippen LogP contribution >= 0.6 is 0 Å². The predicted molar refractivity (Wildman–Crippen MR) is 106 cm³/mol. The minimum atomic E-state index is -0.123. The fraction of sp³-hybridized carbons (Fsp3) is 0.300. The van der Waals surface area contributed by atoms with Crippen molar-refractivity contribution in [2.45, 2.75) is 12.8 Å². The van der Waals surface area contributed by atoms with Gasteiger partial charge in [0, 0.05) is 37.1 Å². The standard InChI is InChI=1S/C20H22N6O2/c1-28-17-7-3-2-6-15(17)16-11-18(25-24-16)23-20(27)14-5-4-10-26(13-14)19-12-21-8-9-22-19/h2-3,6-9,11-12,14H,4-5,10,13H2,1H3,(H2,23,24,25,27). The van der Waals surface area contributed by atoms with Crippen LogP contribution in [0.3, 0.4) is 0 Å². The van der Waals surface area contributed by atoms with Crippen molar-refractivity contribution in [1.82, 2.24) is 20.2 Å². The minimum absolute atomic E-state index is 0.0355. The number of H-pyrrole nitrogens is 1. The van der Waals surface area contributed by atoms with E-state index in [1.165, 1.54) is 0 Å². The van der Waals surface area contributed by atoms with Crippen molar-refractivity contribution < 1.29 is 9.53 Å². The number of aromatic amines is 1. The maximum Gasteiger partial charge on any atom is 0.230 e. The summed E-state index contributed by atoms with van der Waals surface area (Å²) in [5.74, 6) is 1.89. The molecule has 4 rings (SSSR count). The summed E-state index contributed by atoms with van der Waals surface area (Å²) in [6.07, 6.45) is 6.82. The highest BCUT2D eigenvalue weighted by atomic mass is 16.5. The largest absolute Gasteiger partial charge is 0.496 e. The van der Waals surface area contributed by atoms with Crippen molar-refractivity contribution in [2.75, 3.05) is 30.4 Å². The van der Waals surface area contributed by atoms with Crippen LogP contribution in [0.1, 0.15) is 12.8 Å². The molecule has 3 aromatic rings. The van der Waals surface area contributed by atoms with Crippen molar-refractivity contribution in [1.29, 1.82) is 0 Å². The van der Waals surface area contributed by atoms with E-state index in [4.69, 9.17) is 4.74 Å². The van der Waals surface area contributed by atoms with Crippen LogP contribution in [0, 0.1) is 5.92 Å². The van der Waals surface area contributed by atoms with Gasteiger partial charge in [0.15, 0.2) is 5.82 Å². The quantitative estimate of drug-likeness (QED) is 0.709. The molecule has 0 spiro atoms. The van der Waals surface area contributed by atoms with E-state index >= 15 is 0 Å². The van der Waals surface area contributed by atoms with Gasteiger partial charge in [-0.15, -0.1) is 0 Å². The first-order valence-corrected chi connectivity index (χ1v) is 9.25. The van der Waals surface area contributed by atoms with Gasteiger partial charge in [0.1, 0.15) is 11.6 Å². The summed E-state index contributed by atoms with van der Waals surface area (Å²) in [7, 11) is 1.63. The number of amides is 1. The molecule has 1 aliphatic rings. The number of aromatic nitrogens is 4. The number of benzene rings is 1. The predicted octanol–water partition coefficient (Wildman–Crippen LogP) is 2.73. The van der Waals surface area contributed by atoms with E-state index in [0.717, 1.165) is 42.2 Å². The number of nitrogens with one attached hydrogen (secondary N) is 2. The van der Waals surface area contributed by atoms with Crippen molar-refractivity contribution in [3.8, 4) is 17.0 Å². The molecule has 0 aliphatic carbocycles. The number of ether oxygens (including phenoxy) is 1. The fourth-order valence-electron chi connectivity index (χ4n) is 3.47. The van der Waals surface area contributed by atoms with Gasteiger partial charge in [-0.25, -0.2) is 4.98 Å². The number of carbonyl (C=O) groups is 1. The molecule has 3 heterocycles. The van der Waals surface area contributed by atoms with E-state index in [1.54, 1.807) is 25.7 Å². The second kappa shape index (κ2) is 8.08. The summed E-state index contributed by atoms with van der Waals surface area (Å²) >= 11 is 0. The molecule has 1 atom stereocenters. The molecule has 1 aliphatic heterocycles. The van der Waals surface area contributed by atoms with Crippen LogP contribution in [-0.2, 0) is 4.79 Å². The van der Waals surface area contributed by atoms with Gasteiger partial charge in [0.05, 0.1) is 24.9 Å². The molecular weight excluding hydrogens is 356 g/mol. The Labute approximate surface area is 163 Å². The Morgan fingerprint density at radius 1 is 1.32 bits per heavy atom. The smallest absolute Gasteiger partial charge is 0.230 e. The lowest BCUT2D eigenvalue weighted by molar-refractivity contribution is -0.120. The topological polar surface area (TPSA) is 96.0 Å². The van der Waals surface area contributed by atoms with Crippen LogP contribution in [0.5, 0.6) is 5.75 Å². The Hall–Kier alpha value is -3.42. The lowest BCUT2D eigenvalue weighted by Gasteiger charge is -2.32. The Bertz CT molecular complexity index is 943. The molecule has 8 nitrogen and oxygen atoms in total. The summed E-state index contributed by atoms with van der Waals surface area (Å²) < 4.78 is 5.39. The highest BCUT2D eigenvalue weighted by Crippen LogP contribution is 2.29. The SMILES string of the molecule is COc1ccccc1-c1cc(NC(=O)C2CCCN(c3cnccn3)C2)n[nH]1.